The van der Waals surface area contributed by atoms with Crippen LogP contribution in [0, 0.1) is 5.92 Å². The van der Waals surface area contributed by atoms with Gasteiger partial charge in [0.1, 0.15) is 6.61 Å². The summed E-state index contributed by atoms with van der Waals surface area (Å²) in [5.41, 5.74) is 0. The van der Waals surface area contributed by atoms with Crippen LogP contribution in [0.15, 0.2) is 0 Å². The quantitative estimate of drug-likeness (QED) is 0.713. The van der Waals surface area contributed by atoms with Crippen LogP contribution in [-0.4, -0.2) is 32.0 Å². The van der Waals surface area contributed by atoms with E-state index < -0.39 is 12.8 Å². The molecular weight excluding hydrogens is 243 g/mol. The minimum Gasteiger partial charge on any atom is -0.372 e. The molecule has 1 fully saturated rings. The Morgan fingerprint density at radius 2 is 1.89 bits per heavy atom. The van der Waals surface area contributed by atoms with Crippen molar-refractivity contribution < 1.29 is 17.9 Å². The average molecular weight is 267 g/mol. The second-order valence-corrected chi connectivity index (χ2v) is 5.16. The van der Waals surface area contributed by atoms with Crippen molar-refractivity contribution in [1.82, 2.24) is 5.32 Å². The Hall–Kier alpha value is -0.290. The van der Waals surface area contributed by atoms with Crippen LogP contribution in [0.1, 0.15) is 45.4 Å². The molecule has 0 amide bonds. The molecule has 108 valence electrons. The second-order valence-electron chi connectivity index (χ2n) is 5.16. The molecule has 0 bridgehead atoms. The van der Waals surface area contributed by atoms with Gasteiger partial charge in [-0.1, -0.05) is 19.3 Å². The molecule has 0 aromatic heterocycles. The van der Waals surface area contributed by atoms with E-state index in [4.69, 9.17) is 0 Å². The minimum atomic E-state index is -4.21. The van der Waals surface area contributed by atoms with Gasteiger partial charge in [0.15, 0.2) is 0 Å². The van der Waals surface area contributed by atoms with Gasteiger partial charge in [-0.15, -0.1) is 0 Å². The minimum absolute atomic E-state index is 0.171. The zero-order chi connectivity index (χ0) is 13.4. The van der Waals surface area contributed by atoms with Crippen molar-refractivity contribution in [3.8, 4) is 0 Å². The Labute approximate surface area is 107 Å². The molecule has 0 radical (unpaired) electrons. The van der Waals surface area contributed by atoms with Crippen LogP contribution in [0.2, 0.25) is 0 Å². The predicted molar refractivity (Wildman–Crippen MR) is 65.5 cm³/mol. The largest absolute Gasteiger partial charge is 0.411 e. The van der Waals surface area contributed by atoms with Crippen LogP contribution in [-0.2, 0) is 4.74 Å². The molecule has 1 rings (SSSR count). The van der Waals surface area contributed by atoms with Crippen molar-refractivity contribution in [2.45, 2.75) is 57.7 Å². The van der Waals surface area contributed by atoms with Crippen LogP contribution in [0.3, 0.4) is 0 Å². The van der Waals surface area contributed by atoms with E-state index in [1.807, 2.05) is 0 Å². The lowest BCUT2D eigenvalue weighted by molar-refractivity contribution is -0.173. The van der Waals surface area contributed by atoms with Gasteiger partial charge >= 0.3 is 6.18 Å². The first-order valence-electron chi connectivity index (χ1n) is 6.87. The standard InChI is InChI=1S/C13H24F3NO/c1-11(12-6-3-2-4-7-12)17-8-5-9-18-10-13(14,15)16/h11-12,17H,2-10H2,1H3/t11-/m0/s1. The van der Waals surface area contributed by atoms with Crippen LogP contribution >= 0.6 is 0 Å². The number of hydrogen-bond donors (Lipinski definition) is 1. The fourth-order valence-electron chi connectivity index (χ4n) is 2.49. The van der Waals surface area contributed by atoms with Gasteiger partial charge in [-0.05, 0) is 38.6 Å². The third-order valence-corrected chi connectivity index (χ3v) is 3.55. The van der Waals surface area contributed by atoms with Crippen LogP contribution in [0.4, 0.5) is 13.2 Å². The van der Waals surface area contributed by atoms with Crippen molar-refractivity contribution in [3.05, 3.63) is 0 Å². The first kappa shape index (κ1) is 15.8. The van der Waals surface area contributed by atoms with E-state index in [0.29, 0.717) is 12.5 Å². The topological polar surface area (TPSA) is 21.3 Å². The fourth-order valence-corrected chi connectivity index (χ4v) is 2.49. The second kappa shape index (κ2) is 8.00. The Balaban J connectivity index is 1.96. The van der Waals surface area contributed by atoms with Crippen molar-refractivity contribution >= 4 is 0 Å². The third-order valence-electron chi connectivity index (χ3n) is 3.55. The van der Waals surface area contributed by atoms with Crippen molar-refractivity contribution in [1.29, 1.82) is 0 Å². The zero-order valence-corrected chi connectivity index (χ0v) is 11.1. The lowest BCUT2D eigenvalue weighted by Crippen LogP contribution is -2.35. The summed E-state index contributed by atoms with van der Waals surface area (Å²) < 4.78 is 39.9. The normalized spacial score (nSPS) is 20.0. The molecule has 1 aliphatic carbocycles. The van der Waals surface area contributed by atoms with E-state index in [-0.39, 0.29) is 6.61 Å². The lowest BCUT2D eigenvalue weighted by Gasteiger charge is -2.28. The van der Waals surface area contributed by atoms with Gasteiger partial charge in [0.05, 0.1) is 0 Å². The predicted octanol–water partition coefficient (Wildman–Crippen LogP) is 3.51. The maximum atomic E-state index is 11.8. The van der Waals surface area contributed by atoms with Gasteiger partial charge in [-0.3, -0.25) is 0 Å². The highest BCUT2D eigenvalue weighted by molar-refractivity contribution is 4.75. The van der Waals surface area contributed by atoms with Crippen LogP contribution in [0.5, 0.6) is 0 Å². The molecule has 0 aromatic rings. The number of alkyl halides is 3. The summed E-state index contributed by atoms with van der Waals surface area (Å²) in [6, 6.07) is 0.466. The molecule has 0 saturated heterocycles. The Bertz CT molecular complexity index is 215. The van der Waals surface area contributed by atoms with E-state index in [9.17, 15) is 13.2 Å². The summed E-state index contributed by atoms with van der Waals surface area (Å²) in [6.45, 7) is 1.94. The first-order chi connectivity index (χ1) is 8.49. The highest BCUT2D eigenvalue weighted by Gasteiger charge is 2.27. The highest BCUT2D eigenvalue weighted by atomic mass is 19.4. The summed E-state index contributed by atoms with van der Waals surface area (Å²) >= 11 is 0. The number of hydrogen-bond acceptors (Lipinski definition) is 2. The molecule has 5 heteroatoms. The van der Waals surface area contributed by atoms with Crippen LogP contribution in [0.25, 0.3) is 0 Å². The SMILES string of the molecule is C[C@H](NCCCOCC(F)(F)F)C1CCCCC1. The average Bonchev–Trinajstić information content (AvgIpc) is 2.33. The lowest BCUT2D eigenvalue weighted by atomic mass is 9.84. The molecule has 0 unspecified atom stereocenters. The van der Waals surface area contributed by atoms with Gasteiger partial charge < -0.3 is 10.1 Å². The van der Waals surface area contributed by atoms with E-state index in [1.54, 1.807) is 0 Å². The highest BCUT2D eigenvalue weighted by Crippen LogP contribution is 2.26. The van der Waals surface area contributed by atoms with Crippen molar-refractivity contribution in [3.63, 3.8) is 0 Å². The van der Waals surface area contributed by atoms with E-state index in [1.165, 1.54) is 32.1 Å². The van der Waals surface area contributed by atoms with Gasteiger partial charge in [0, 0.05) is 12.6 Å². The third kappa shape index (κ3) is 7.21. The molecule has 0 aliphatic heterocycles. The summed E-state index contributed by atoms with van der Waals surface area (Å²) in [7, 11) is 0. The van der Waals surface area contributed by atoms with Crippen molar-refractivity contribution in [2.75, 3.05) is 19.8 Å². The molecule has 1 N–H and O–H groups in total. The molecule has 2 nitrogen and oxygen atoms in total. The van der Waals surface area contributed by atoms with Gasteiger partial charge in [0.25, 0.3) is 0 Å². The molecule has 0 spiro atoms. The zero-order valence-electron chi connectivity index (χ0n) is 11.1. The molecule has 0 heterocycles. The molecule has 1 saturated carbocycles. The van der Waals surface area contributed by atoms with E-state index >= 15 is 0 Å². The summed E-state index contributed by atoms with van der Waals surface area (Å²) in [5, 5.41) is 3.39. The Morgan fingerprint density at radius 3 is 2.50 bits per heavy atom. The Morgan fingerprint density at radius 1 is 1.22 bits per heavy atom. The van der Waals surface area contributed by atoms with E-state index in [2.05, 4.69) is 17.0 Å². The maximum absolute atomic E-state index is 11.8. The molecule has 1 aliphatic rings. The van der Waals surface area contributed by atoms with Gasteiger partial charge in [0.2, 0.25) is 0 Å². The molecule has 18 heavy (non-hydrogen) atoms. The summed E-state index contributed by atoms with van der Waals surface area (Å²) in [5.74, 6) is 0.731. The number of halogens is 3. The first-order valence-corrected chi connectivity index (χ1v) is 6.87. The van der Waals surface area contributed by atoms with Gasteiger partial charge in [-0.25, -0.2) is 0 Å². The molecule has 1 atom stereocenters. The summed E-state index contributed by atoms with van der Waals surface area (Å²) in [6.07, 6.45) is 2.94. The van der Waals surface area contributed by atoms with Gasteiger partial charge in [-0.2, -0.15) is 13.2 Å². The van der Waals surface area contributed by atoms with E-state index in [0.717, 1.165) is 12.5 Å². The van der Waals surface area contributed by atoms with Crippen molar-refractivity contribution in [2.24, 2.45) is 5.92 Å². The number of rotatable bonds is 7. The number of nitrogens with one attached hydrogen (secondary N) is 1. The fraction of sp³-hybridized carbons (Fsp3) is 1.00. The van der Waals surface area contributed by atoms with Crippen LogP contribution < -0.4 is 5.32 Å². The smallest absolute Gasteiger partial charge is 0.372 e. The molecule has 0 aromatic carbocycles. The monoisotopic (exact) mass is 267 g/mol. The summed E-state index contributed by atoms with van der Waals surface area (Å²) in [4.78, 5) is 0. The maximum Gasteiger partial charge on any atom is 0.411 e. The molecular formula is C13H24F3NO. The Kier molecular flexibility index (Phi) is 7.00. The number of ether oxygens (including phenoxy) is 1.